The number of nitrogens with one attached hydrogen (secondary N) is 1. The van der Waals surface area contributed by atoms with Crippen LogP contribution >= 0.6 is 0 Å². The first-order chi connectivity index (χ1) is 14.5. The summed E-state index contributed by atoms with van der Waals surface area (Å²) in [6.07, 6.45) is 0.543. The standard InChI is InChI=1S/C24H23N3O2S/c1-18(20-8-4-2-5-9-20)27(30(28,29)23-10-6-3-7-11-23)22-15-21-14-19(16-25)12-13-24(21)26-17-22/h2-14,18,22,26H,15,17H2,1H3. The minimum Gasteiger partial charge on any atom is -0.383 e. The van der Waals surface area contributed by atoms with Gasteiger partial charge < -0.3 is 5.32 Å². The maximum Gasteiger partial charge on any atom is 0.243 e. The first-order valence-electron chi connectivity index (χ1n) is 9.91. The maximum atomic E-state index is 13.7. The SMILES string of the molecule is CC(c1ccccc1)N(C1CNc2ccc(C#N)cc2C1)S(=O)(=O)c1ccccc1. The molecule has 0 saturated heterocycles. The highest BCUT2D eigenvalue weighted by Crippen LogP contribution is 2.34. The number of anilines is 1. The molecule has 1 aliphatic heterocycles. The zero-order chi connectivity index (χ0) is 21.1. The van der Waals surface area contributed by atoms with Gasteiger partial charge in [-0.3, -0.25) is 0 Å². The van der Waals surface area contributed by atoms with Crippen LogP contribution in [0.5, 0.6) is 0 Å². The van der Waals surface area contributed by atoms with Gasteiger partial charge in [-0.1, -0.05) is 48.5 Å². The Morgan fingerprint density at radius 1 is 1.03 bits per heavy atom. The Hall–Kier alpha value is -3.14. The van der Waals surface area contributed by atoms with Gasteiger partial charge in [0, 0.05) is 24.3 Å². The van der Waals surface area contributed by atoms with E-state index in [9.17, 15) is 13.7 Å². The molecule has 0 aromatic heterocycles. The third-order valence-corrected chi connectivity index (χ3v) is 7.60. The molecule has 0 fully saturated rings. The van der Waals surface area contributed by atoms with Gasteiger partial charge in [0.1, 0.15) is 0 Å². The molecular weight excluding hydrogens is 394 g/mol. The minimum atomic E-state index is -3.74. The Kier molecular flexibility index (Phi) is 5.58. The highest BCUT2D eigenvalue weighted by molar-refractivity contribution is 7.89. The lowest BCUT2D eigenvalue weighted by Crippen LogP contribution is -2.48. The van der Waals surface area contributed by atoms with Gasteiger partial charge in [0.25, 0.3) is 0 Å². The molecule has 3 aromatic rings. The first kappa shape index (κ1) is 20.1. The monoisotopic (exact) mass is 417 g/mol. The molecule has 152 valence electrons. The summed E-state index contributed by atoms with van der Waals surface area (Å²) in [6.45, 7) is 2.43. The highest BCUT2D eigenvalue weighted by Gasteiger charge is 2.37. The van der Waals surface area contributed by atoms with E-state index >= 15 is 0 Å². The van der Waals surface area contributed by atoms with Crippen molar-refractivity contribution in [2.75, 3.05) is 11.9 Å². The second-order valence-corrected chi connectivity index (χ2v) is 9.30. The van der Waals surface area contributed by atoms with Crippen molar-refractivity contribution in [1.29, 1.82) is 5.26 Å². The minimum absolute atomic E-state index is 0.282. The number of hydrogen-bond donors (Lipinski definition) is 1. The molecule has 0 spiro atoms. The molecule has 1 aliphatic rings. The van der Waals surface area contributed by atoms with Crippen molar-refractivity contribution in [1.82, 2.24) is 4.31 Å². The van der Waals surface area contributed by atoms with Crippen LogP contribution in [0.3, 0.4) is 0 Å². The molecule has 1 heterocycles. The van der Waals surface area contributed by atoms with Gasteiger partial charge in [-0.25, -0.2) is 8.42 Å². The molecular formula is C24H23N3O2S. The van der Waals surface area contributed by atoms with E-state index in [2.05, 4.69) is 11.4 Å². The first-order valence-corrected chi connectivity index (χ1v) is 11.3. The highest BCUT2D eigenvalue weighted by atomic mass is 32.2. The van der Waals surface area contributed by atoms with Crippen LogP contribution in [0.2, 0.25) is 0 Å². The maximum absolute atomic E-state index is 13.7. The van der Waals surface area contributed by atoms with E-state index < -0.39 is 10.0 Å². The van der Waals surface area contributed by atoms with Crippen molar-refractivity contribution in [3.63, 3.8) is 0 Å². The molecule has 1 N–H and O–H groups in total. The van der Waals surface area contributed by atoms with E-state index in [0.717, 1.165) is 16.8 Å². The Morgan fingerprint density at radius 2 is 1.70 bits per heavy atom. The van der Waals surface area contributed by atoms with Crippen LogP contribution in [0.15, 0.2) is 83.8 Å². The lowest BCUT2D eigenvalue weighted by atomic mass is 9.96. The van der Waals surface area contributed by atoms with E-state index in [1.54, 1.807) is 34.6 Å². The molecule has 0 amide bonds. The summed E-state index contributed by atoms with van der Waals surface area (Å²) >= 11 is 0. The van der Waals surface area contributed by atoms with Crippen LogP contribution in [-0.4, -0.2) is 25.3 Å². The smallest absolute Gasteiger partial charge is 0.243 e. The van der Waals surface area contributed by atoms with Crippen molar-refractivity contribution < 1.29 is 8.42 Å². The van der Waals surface area contributed by atoms with E-state index in [4.69, 9.17) is 0 Å². The molecule has 0 radical (unpaired) electrons. The average Bonchev–Trinajstić information content (AvgIpc) is 2.79. The zero-order valence-electron chi connectivity index (χ0n) is 16.7. The summed E-state index contributed by atoms with van der Waals surface area (Å²) in [5.41, 5.74) is 3.42. The lowest BCUT2D eigenvalue weighted by Gasteiger charge is -2.38. The number of fused-ring (bicyclic) bond motifs is 1. The van der Waals surface area contributed by atoms with Crippen LogP contribution in [0, 0.1) is 11.3 Å². The van der Waals surface area contributed by atoms with Gasteiger partial charge in [0.15, 0.2) is 0 Å². The van der Waals surface area contributed by atoms with E-state index in [1.807, 2.05) is 55.5 Å². The zero-order valence-corrected chi connectivity index (χ0v) is 17.5. The summed E-state index contributed by atoms with van der Waals surface area (Å²) in [6, 6.07) is 25.3. The third kappa shape index (κ3) is 3.82. The second kappa shape index (κ2) is 8.31. The Balaban J connectivity index is 1.77. The van der Waals surface area contributed by atoms with Gasteiger partial charge >= 0.3 is 0 Å². The Morgan fingerprint density at radius 3 is 2.37 bits per heavy atom. The van der Waals surface area contributed by atoms with E-state index in [1.165, 1.54) is 0 Å². The van der Waals surface area contributed by atoms with Crippen LogP contribution in [0.1, 0.15) is 29.7 Å². The number of hydrogen-bond acceptors (Lipinski definition) is 4. The van der Waals surface area contributed by atoms with Gasteiger partial charge in [-0.05, 0) is 54.8 Å². The molecule has 4 rings (SSSR count). The molecule has 2 atom stereocenters. The van der Waals surface area contributed by atoms with Gasteiger partial charge in [0.05, 0.1) is 16.5 Å². The van der Waals surface area contributed by atoms with Gasteiger partial charge in [0.2, 0.25) is 10.0 Å². The molecule has 6 heteroatoms. The molecule has 2 unspecified atom stereocenters. The van der Waals surface area contributed by atoms with Crippen LogP contribution in [0.25, 0.3) is 0 Å². The molecule has 5 nitrogen and oxygen atoms in total. The topological polar surface area (TPSA) is 73.2 Å². The van der Waals surface area contributed by atoms with E-state index in [0.29, 0.717) is 18.5 Å². The summed E-state index contributed by atoms with van der Waals surface area (Å²) < 4.78 is 29.1. The molecule has 0 bridgehead atoms. The Labute approximate surface area is 177 Å². The van der Waals surface area contributed by atoms with Crippen molar-refractivity contribution in [2.24, 2.45) is 0 Å². The fraction of sp³-hybridized carbons (Fsp3) is 0.208. The van der Waals surface area contributed by atoms with Crippen molar-refractivity contribution >= 4 is 15.7 Å². The fourth-order valence-electron chi connectivity index (χ4n) is 4.05. The molecule has 0 saturated carbocycles. The predicted molar refractivity (Wildman–Crippen MR) is 117 cm³/mol. The molecule has 3 aromatic carbocycles. The van der Waals surface area contributed by atoms with Crippen molar-refractivity contribution in [3.8, 4) is 6.07 Å². The summed E-state index contributed by atoms with van der Waals surface area (Å²) in [5, 5.41) is 12.6. The largest absolute Gasteiger partial charge is 0.383 e. The van der Waals surface area contributed by atoms with Gasteiger partial charge in [-0.2, -0.15) is 9.57 Å². The summed E-state index contributed by atoms with van der Waals surface area (Å²) in [5.74, 6) is 0. The lowest BCUT2D eigenvalue weighted by molar-refractivity contribution is 0.265. The Bertz CT molecular complexity index is 1170. The number of nitriles is 1. The van der Waals surface area contributed by atoms with Crippen LogP contribution < -0.4 is 5.32 Å². The van der Waals surface area contributed by atoms with Crippen LogP contribution in [-0.2, 0) is 16.4 Å². The van der Waals surface area contributed by atoms with Crippen molar-refractivity contribution in [3.05, 3.63) is 95.6 Å². The fourth-order valence-corrected chi connectivity index (χ4v) is 5.88. The normalized spacial score (nSPS) is 16.9. The summed E-state index contributed by atoms with van der Waals surface area (Å²) in [7, 11) is -3.74. The third-order valence-electron chi connectivity index (χ3n) is 5.56. The van der Waals surface area contributed by atoms with Crippen LogP contribution in [0.4, 0.5) is 5.69 Å². The van der Waals surface area contributed by atoms with E-state index in [-0.39, 0.29) is 17.0 Å². The molecule has 0 aliphatic carbocycles. The number of nitrogens with zero attached hydrogens (tertiary/aromatic N) is 2. The predicted octanol–water partition coefficient (Wildman–Crippen LogP) is 4.35. The quantitative estimate of drug-likeness (QED) is 0.670. The second-order valence-electron chi connectivity index (χ2n) is 7.46. The van der Waals surface area contributed by atoms with Gasteiger partial charge in [-0.15, -0.1) is 0 Å². The van der Waals surface area contributed by atoms with Crippen molar-refractivity contribution in [2.45, 2.75) is 30.3 Å². The average molecular weight is 418 g/mol. The number of rotatable bonds is 5. The molecule has 30 heavy (non-hydrogen) atoms. The number of sulfonamides is 1. The summed E-state index contributed by atoms with van der Waals surface area (Å²) in [4.78, 5) is 0.282. The number of benzene rings is 3.